The lowest BCUT2D eigenvalue weighted by Crippen LogP contribution is -2.29. The molecular weight excluding hydrogens is 701 g/mol. The average molecular weight is 780 g/mol. The van der Waals surface area contributed by atoms with E-state index in [4.69, 9.17) is 24.3 Å². The van der Waals surface area contributed by atoms with E-state index in [9.17, 15) is 19.0 Å². The summed E-state index contributed by atoms with van der Waals surface area (Å²) in [4.78, 5) is 34.8. The molecule has 3 N–H and O–H groups in total. The molecule has 0 aliphatic heterocycles. The van der Waals surface area contributed by atoms with Gasteiger partial charge in [0.15, 0.2) is 6.10 Å². The van der Waals surface area contributed by atoms with E-state index in [1.165, 1.54) is 70.6 Å². The summed E-state index contributed by atoms with van der Waals surface area (Å²) in [5.41, 5.74) is 5.34. The van der Waals surface area contributed by atoms with Gasteiger partial charge in [-0.25, -0.2) is 4.57 Å². The van der Waals surface area contributed by atoms with Crippen LogP contribution in [0.25, 0.3) is 0 Å². The zero-order valence-electron chi connectivity index (χ0n) is 34.2. The fourth-order valence-corrected chi connectivity index (χ4v) is 6.27. The van der Waals surface area contributed by atoms with Gasteiger partial charge in [0.05, 0.1) is 13.2 Å². The second-order valence-electron chi connectivity index (χ2n) is 13.8. The third kappa shape index (κ3) is 39.4. The molecule has 0 radical (unpaired) electrons. The van der Waals surface area contributed by atoms with Crippen molar-refractivity contribution in [3.8, 4) is 0 Å². The van der Waals surface area contributed by atoms with Crippen molar-refractivity contribution in [3.05, 3.63) is 60.8 Å². The molecule has 0 aromatic heterocycles. The number of allylic oxidation sites excluding steroid dienone is 10. The molecule has 0 fully saturated rings. The molecule has 0 amide bonds. The van der Waals surface area contributed by atoms with E-state index in [2.05, 4.69) is 74.6 Å². The highest BCUT2D eigenvalue weighted by Crippen LogP contribution is 2.43. The quantitative estimate of drug-likeness (QED) is 0.0270. The van der Waals surface area contributed by atoms with Crippen molar-refractivity contribution in [1.82, 2.24) is 0 Å². The van der Waals surface area contributed by atoms with Crippen LogP contribution in [0.4, 0.5) is 0 Å². The Balaban J connectivity index is 4.22. The summed E-state index contributed by atoms with van der Waals surface area (Å²) in [5.74, 6) is -0.885. The van der Waals surface area contributed by atoms with E-state index >= 15 is 0 Å². The molecule has 9 nitrogen and oxygen atoms in total. The molecule has 2 unspecified atom stereocenters. The molecule has 0 heterocycles. The van der Waals surface area contributed by atoms with Crippen molar-refractivity contribution in [3.63, 3.8) is 0 Å². The number of phosphoric ester groups is 1. The highest BCUT2D eigenvalue weighted by molar-refractivity contribution is 7.47. The molecule has 0 rings (SSSR count). The molecule has 0 saturated heterocycles. The third-order valence-electron chi connectivity index (χ3n) is 8.64. The summed E-state index contributed by atoms with van der Waals surface area (Å²) in [6.07, 6.45) is 46.8. The fourth-order valence-electron chi connectivity index (χ4n) is 5.50. The van der Waals surface area contributed by atoms with Crippen LogP contribution in [-0.4, -0.2) is 49.3 Å². The van der Waals surface area contributed by atoms with Gasteiger partial charge < -0.3 is 20.1 Å². The van der Waals surface area contributed by atoms with E-state index in [1.807, 2.05) is 0 Å². The summed E-state index contributed by atoms with van der Waals surface area (Å²) >= 11 is 0. The molecule has 0 saturated carbocycles. The smallest absolute Gasteiger partial charge is 0.462 e. The van der Waals surface area contributed by atoms with Crippen LogP contribution in [0.1, 0.15) is 174 Å². The largest absolute Gasteiger partial charge is 0.472 e. The number of unbranched alkanes of at least 4 members (excludes halogenated alkanes) is 16. The topological polar surface area (TPSA) is 134 Å². The number of phosphoric acid groups is 1. The summed E-state index contributed by atoms with van der Waals surface area (Å²) in [6, 6.07) is 0. The Morgan fingerprint density at radius 2 is 1.02 bits per heavy atom. The van der Waals surface area contributed by atoms with Crippen molar-refractivity contribution >= 4 is 19.8 Å². The Bertz CT molecular complexity index is 1070. The molecular formula is C44H78NO8P. The molecule has 312 valence electrons. The van der Waals surface area contributed by atoms with Gasteiger partial charge in [-0.2, -0.15) is 0 Å². The number of carbonyl (C=O) groups excluding carboxylic acids is 2. The Morgan fingerprint density at radius 3 is 1.57 bits per heavy atom. The van der Waals surface area contributed by atoms with Crippen LogP contribution < -0.4 is 5.73 Å². The minimum atomic E-state index is -4.39. The first-order valence-electron chi connectivity index (χ1n) is 21.3. The van der Waals surface area contributed by atoms with E-state index in [1.54, 1.807) is 0 Å². The Hall–Kier alpha value is -2.29. The van der Waals surface area contributed by atoms with Crippen molar-refractivity contribution in [2.75, 3.05) is 26.4 Å². The van der Waals surface area contributed by atoms with Crippen LogP contribution in [0.2, 0.25) is 0 Å². The number of ether oxygens (including phenoxy) is 2. The lowest BCUT2D eigenvalue weighted by molar-refractivity contribution is -0.161. The number of nitrogens with two attached hydrogens (primary N) is 1. The molecule has 0 aliphatic rings. The SMILES string of the molecule is CC/C=C\C/C=C\C/C=C\C/C=C\CCCCC(=O)OC(COC(=O)CCCCCCCCC/C=C\CCCCCCCCC)COP(=O)(O)OCCN. The first-order valence-corrected chi connectivity index (χ1v) is 22.8. The zero-order valence-corrected chi connectivity index (χ0v) is 35.1. The first-order chi connectivity index (χ1) is 26.3. The molecule has 0 spiro atoms. The maximum Gasteiger partial charge on any atom is 0.472 e. The number of esters is 2. The van der Waals surface area contributed by atoms with Crippen LogP contribution in [0.3, 0.4) is 0 Å². The second kappa shape index (κ2) is 40.4. The van der Waals surface area contributed by atoms with Gasteiger partial charge in [0, 0.05) is 19.4 Å². The van der Waals surface area contributed by atoms with E-state index in [-0.39, 0.29) is 32.6 Å². The van der Waals surface area contributed by atoms with Gasteiger partial charge in [-0.1, -0.05) is 145 Å². The van der Waals surface area contributed by atoms with Crippen LogP contribution in [0, 0.1) is 0 Å². The van der Waals surface area contributed by atoms with Crippen LogP contribution in [0.5, 0.6) is 0 Å². The molecule has 0 bridgehead atoms. The number of hydrogen-bond donors (Lipinski definition) is 2. The zero-order chi connectivity index (χ0) is 39.6. The lowest BCUT2D eigenvalue weighted by atomic mass is 10.1. The normalized spacial score (nSPS) is 13.9. The summed E-state index contributed by atoms with van der Waals surface area (Å²) < 4.78 is 32.7. The van der Waals surface area contributed by atoms with Crippen molar-refractivity contribution in [1.29, 1.82) is 0 Å². The Morgan fingerprint density at radius 1 is 0.574 bits per heavy atom. The predicted molar refractivity (Wildman–Crippen MR) is 224 cm³/mol. The Labute approximate surface area is 329 Å². The molecule has 54 heavy (non-hydrogen) atoms. The lowest BCUT2D eigenvalue weighted by Gasteiger charge is -2.19. The number of rotatable bonds is 39. The van der Waals surface area contributed by atoms with Crippen molar-refractivity contribution in [2.24, 2.45) is 5.73 Å². The number of hydrogen-bond acceptors (Lipinski definition) is 8. The van der Waals surface area contributed by atoms with Gasteiger partial charge in [0.2, 0.25) is 0 Å². The summed E-state index contributed by atoms with van der Waals surface area (Å²) in [6.45, 7) is 3.55. The minimum absolute atomic E-state index is 0.0435. The van der Waals surface area contributed by atoms with Crippen LogP contribution in [0.15, 0.2) is 60.8 Å². The van der Waals surface area contributed by atoms with E-state index < -0.39 is 32.5 Å². The maximum atomic E-state index is 12.5. The van der Waals surface area contributed by atoms with Crippen LogP contribution >= 0.6 is 7.82 Å². The van der Waals surface area contributed by atoms with Gasteiger partial charge >= 0.3 is 19.8 Å². The highest BCUT2D eigenvalue weighted by Gasteiger charge is 2.25. The summed E-state index contributed by atoms with van der Waals surface area (Å²) in [7, 11) is -4.39. The van der Waals surface area contributed by atoms with Gasteiger partial charge in [-0.05, 0) is 77.0 Å². The standard InChI is InChI=1S/C44H78NO8P/c1-3-5-7-9-11-13-15-17-19-20-21-23-24-26-28-30-32-34-36-43(46)50-40-42(41-52-54(48,49)51-39-38-45)53-44(47)37-35-33-31-29-27-25-22-18-16-14-12-10-8-6-4-2/h6,8,12,14,18-20,22,27,29,42H,3-5,7,9-11,13,15-17,21,23-26,28,30-41,45H2,1-2H3,(H,48,49)/b8-6-,14-12-,20-19-,22-18-,29-27-. The first kappa shape index (κ1) is 51.7. The van der Waals surface area contributed by atoms with Crippen molar-refractivity contribution < 1.29 is 37.6 Å². The number of carbonyl (C=O) groups is 2. The minimum Gasteiger partial charge on any atom is -0.462 e. The van der Waals surface area contributed by atoms with Crippen LogP contribution in [-0.2, 0) is 32.7 Å². The average Bonchev–Trinajstić information content (AvgIpc) is 3.16. The van der Waals surface area contributed by atoms with Gasteiger partial charge in [0.1, 0.15) is 6.61 Å². The van der Waals surface area contributed by atoms with Gasteiger partial charge in [-0.15, -0.1) is 0 Å². The van der Waals surface area contributed by atoms with Gasteiger partial charge in [-0.3, -0.25) is 18.6 Å². The molecule has 0 aliphatic carbocycles. The molecule has 10 heteroatoms. The molecule has 0 aromatic carbocycles. The second-order valence-corrected chi connectivity index (χ2v) is 15.3. The monoisotopic (exact) mass is 780 g/mol. The van der Waals surface area contributed by atoms with Crippen molar-refractivity contribution in [2.45, 2.75) is 180 Å². The highest BCUT2D eigenvalue weighted by atomic mass is 31.2. The molecule has 2 atom stereocenters. The van der Waals surface area contributed by atoms with Gasteiger partial charge in [0.25, 0.3) is 0 Å². The van der Waals surface area contributed by atoms with E-state index in [0.717, 1.165) is 70.6 Å². The van der Waals surface area contributed by atoms with E-state index in [0.29, 0.717) is 6.42 Å². The third-order valence-corrected chi connectivity index (χ3v) is 9.62. The Kier molecular flexibility index (Phi) is 38.7. The molecule has 0 aromatic rings. The predicted octanol–water partition coefficient (Wildman–Crippen LogP) is 12.1. The fraction of sp³-hybridized carbons (Fsp3) is 0.727. The summed E-state index contributed by atoms with van der Waals surface area (Å²) in [5, 5.41) is 0. The maximum absolute atomic E-state index is 12.5.